The van der Waals surface area contributed by atoms with E-state index in [2.05, 4.69) is 156 Å². The van der Waals surface area contributed by atoms with Crippen LogP contribution in [0, 0.1) is 0 Å². The van der Waals surface area contributed by atoms with Gasteiger partial charge in [0.15, 0.2) is 0 Å². The number of fused-ring (bicyclic) bond motifs is 6. The van der Waals surface area contributed by atoms with E-state index < -0.39 is 0 Å². The van der Waals surface area contributed by atoms with Crippen LogP contribution in [0.4, 0.5) is 0 Å². The molecule has 0 saturated carbocycles. The minimum absolute atomic E-state index is 0.919. The number of aromatic nitrogens is 4. The topological polar surface area (TPSA) is 51.6 Å². The first-order valence-electron chi connectivity index (χ1n) is 16.8. The summed E-state index contributed by atoms with van der Waals surface area (Å²) in [4.78, 5) is 19.6. The molecule has 0 radical (unpaired) electrons. The molecule has 4 aromatic heterocycles. The minimum atomic E-state index is 0.919. The van der Waals surface area contributed by atoms with Crippen molar-refractivity contribution in [1.29, 1.82) is 0 Å². The van der Waals surface area contributed by atoms with Gasteiger partial charge in [-0.25, -0.2) is 9.97 Å². The van der Waals surface area contributed by atoms with Crippen molar-refractivity contribution < 1.29 is 0 Å². The Bertz CT molecular complexity index is 2920. The smallest absolute Gasteiger partial charge is 0.0970 e. The summed E-state index contributed by atoms with van der Waals surface area (Å²) in [7, 11) is 0. The maximum Gasteiger partial charge on any atom is 0.0970 e. The molecule has 0 unspecified atom stereocenters. The molecule has 4 heterocycles. The zero-order chi connectivity index (χ0) is 33.0. The van der Waals surface area contributed by atoms with Crippen LogP contribution >= 0.6 is 0 Å². The van der Waals surface area contributed by atoms with E-state index in [0.717, 1.165) is 82.8 Å². The van der Waals surface area contributed by atoms with Crippen LogP contribution in [-0.4, -0.2) is 19.9 Å². The van der Waals surface area contributed by atoms with E-state index in [4.69, 9.17) is 9.97 Å². The lowest BCUT2D eigenvalue weighted by Crippen LogP contribution is -1.90. The van der Waals surface area contributed by atoms with Crippen molar-refractivity contribution in [3.8, 4) is 44.8 Å². The summed E-state index contributed by atoms with van der Waals surface area (Å²) in [6.45, 7) is 0. The monoisotopic (exact) mass is 636 g/mol. The molecule has 10 rings (SSSR count). The van der Waals surface area contributed by atoms with E-state index in [-0.39, 0.29) is 0 Å². The van der Waals surface area contributed by atoms with Crippen LogP contribution < -0.4 is 0 Å². The zero-order valence-corrected chi connectivity index (χ0v) is 27.0. The largest absolute Gasteiger partial charge is 0.254 e. The molecule has 0 amide bonds. The molecule has 232 valence electrons. The highest BCUT2D eigenvalue weighted by Crippen LogP contribution is 2.35. The third-order valence-electron chi connectivity index (χ3n) is 9.73. The molecule has 50 heavy (non-hydrogen) atoms. The predicted molar refractivity (Wildman–Crippen MR) is 207 cm³/mol. The quantitative estimate of drug-likeness (QED) is 0.180. The Labute approximate surface area is 288 Å². The second-order valence-electron chi connectivity index (χ2n) is 12.7. The van der Waals surface area contributed by atoms with Crippen LogP contribution in [0.15, 0.2) is 170 Å². The fourth-order valence-electron chi connectivity index (χ4n) is 7.20. The summed E-state index contributed by atoms with van der Waals surface area (Å²) >= 11 is 0. The number of hydrogen-bond donors (Lipinski definition) is 0. The molecule has 10 aromatic rings. The fourth-order valence-corrected chi connectivity index (χ4v) is 7.20. The first-order valence-corrected chi connectivity index (χ1v) is 16.8. The van der Waals surface area contributed by atoms with Crippen molar-refractivity contribution in [2.24, 2.45) is 0 Å². The van der Waals surface area contributed by atoms with Gasteiger partial charge >= 0.3 is 0 Å². The molecular weight excluding hydrogens is 609 g/mol. The molecule has 0 aliphatic carbocycles. The Hall–Kier alpha value is -6.78. The summed E-state index contributed by atoms with van der Waals surface area (Å²) in [5.41, 5.74) is 12.4. The highest BCUT2D eigenvalue weighted by molar-refractivity contribution is 6.10. The molecule has 0 bridgehead atoms. The standard InChI is InChI=1S/C46H28N4/c1-2-9-37-29(6-1)7-3-10-38(37)34-18-16-32-21-23-42(50-43(32)27-34)35-19-17-33-20-22-41(49-44(33)28-35)31-14-12-30(13-15-31)40-26-36-8-4-24-47-45(36)46-39(40)11-5-25-48-46/h1-28H. The van der Waals surface area contributed by atoms with Gasteiger partial charge in [0.2, 0.25) is 0 Å². The Morgan fingerprint density at radius 2 is 0.900 bits per heavy atom. The molecular formula is C46H28N4. The number of pyridine rings is 4. The Morgan fingerprint density at radius 3 is 1.72 bits per heavy atom. The van der Waals surface area contributed by atoms with Crippen LogP contribution in [0.1, 0.15) is 0 Å². The predicted octanol–water partition coefficient (Wildman–Crippen LogP) is 11.7. The van der Waals surface area contributed by atoms with Crippen molar-refractivity contribution in [3.05, 3.63) is 170 Å². The Morgan fingerprint density at radius 1 is 0.320 bits per heavy atom. The molecule has 0 fully saturated rings. The van der Waals surface area contributed by atoms with Gasteiger partial charge < -0.3 is 0 Å². The lowest BCUT2D eigenvalue weighted by atomic mass is 9.96. The van der Waals surface area contributed by atoms with E-state index in [1.54, 1.807) is 0 Å². The van der Waals surface area contributed by atoms with Gasteiger partial charge in [-0.1, -0.05) is 115 Å². The maximum atomic E-state index is 5.14. The highest BCUT2D eigenvalue weighted by atomic mass is 14.7. The van der Waals surface area contributed by atoms with Crippen molar-refractivity contribution in [3.63, 3.8) is 0 Å². The van der Waals surface area contributed by atoms with Gasteiger partial charge in [-0.2, -0.15) is 0 Å². The summed E-state index contributed by atoms with van der Waals surface area (Å²) < 4.78 is 0. The van der Waals surface area contributed by atoms with Gasteiger partial charge in [-0.05, 0) is 75.5 Å². The van der Waals surface area contributed by atoms with E-state index in [1.807, 2.05) is 24.5 Å². The van der Waals surface area contributed by atoms with Crippen LogP contribution in [0.2, 0.25) is 0 Å². The molecule has 6 aromatic carbocycles. The van der Waals surface area contributed by atoms with E-state index in [1.165, 1.54) is 16.3 Å². The van der Waals surface area contributed by atoms with Gasteiger partial charge in [0.05, 0.1) is 33.5 Å². The Balaban J connectivity index is 0.998. The molecule has 4 heteroatoms. The lowest BCUT2D eigenvalue weighted by Gasteiger charge is -2.11. The van der Waals surface area contributed by atoms with Gasteiger partial charge in [-0.15, -0.1) is 0 Å². The van der Waals surface area contributed by atoms with Gasteiger partial charge in [0.25, 0.3) is 0 Å². The van der Waals surface area contributed by atoms with Gasteiger partial charge in [-0.3, -0.25) is 9.97 Å². The van der Waals surface area contributed by atoms with E-state index in [9.17, 15) is 0 Å². The summed E-state index contributed by atoms with van der Waals surface area (Å²) in [5, 5.41) is 6.86. The van der Waals surface area contributed by atoms with E-state index >= 15 is 0 Å². The second kappa shape index (κ2) is 11.4. The normalized spacial score (nSPS) is 11.6. The first kappa shape index (κ1) is 28.3. The van der Waals surface area contributed by atoms with Crippen LogP contribution in [0.5, 0.6) is 0 Å². The van der Waals surface area contributed by atoms with Crippen LogP contribution in [0.25, 0.3) is 99.2 Å². The van der Waals surface area contributed by atoms with Crippen LogP contribution in [-0.2, 0) is 0 Å². The van der Waals surface area contributed by atoms with Gasteiger partial charge in [0, 0.05) is 45.1 Å². The number of hydrogen-bond acceptors (Lipinski definition) is 4. The number of rotatable bonds is 4. The third-order valence-corrected chi connectivity index (χ3v) is 9.73. The molecule has 0 saturated heterocycles. The minimum Gasteiger partial charge on any atom is -0.254 e. The third kappa shape index (κ3) is 4.77. The molecule has 0 N–H and O–H groups in total. The van der Waals surface area contributed by atoms with Crippen molar-refractivity contribution in [2.45, 2.75) is 0 Å². The van der Waals surface area contributed by atoms with E-state index in [0.29, 0.717) is 0 Å². The SMILES string of the molecule is c1ccc2c(-c3ccc4ccc(-c5ccc6ccc(-c7ccc(-c8cc9cccnc9c9ncccc89)cc7)nc6c5)nc4c3)cccc2c1. The molecule has 0 aliphatic heterocycles. The molecule has 0 atom stereocenters. The van der Waals surface area contributed by atoms with Crippen LogP contribution in [0.3, 0.4) is 0 Å². The lowest BCUT2D eigenvalue weighted by molar-refractivity contribution is 1.37. The molecule has 0 aliphatic rings. The highest BCUT2D eigenvalue weighted by Gasteiger charge is 2.12. The Kier molecular flexibility index (Phi) is 6.46. The summed E-state index contributed by atoms with van der Waals surface area (Å²) in [6.07, 6.45) is 3.66. The first-order chi connectivity index (χ1) is 24.7. The number of nitrogens with zero attached hydrogens (tertiary/aromatic N) is 4. The fraction of sp³-hybridized carbons (Fsp3) is 0. The summed E-state index contributed by atoms with van der Waals surface area (Å²) in [6, 6.07) is 55.5. The van der Waals surface area contributed by atoms with Gasteiger partial charge in [0.1, 0.15) is 0 Å². The average Bonchev–Trinajstić information content (AvgIpc) is 3.19. The second-order valence-corrected chi connectivity index (χ2v) is 12.7. The van der Waals surface area contributed by atoms with Crippen molar-refractivity contribution >= 4 is 54.4 Å². The summed E-state index contributed by atoms with van der Waals surface area (Å²) in [5.74, 6) is 0. The van der Waals surface area contributed by atoms with Crippen molar-refractivity contribution in [2.75, 3.05) is 0 Å². The van der Waals surface area contributed by atoms with Crippen molar-refractivity contribution in [1.82, 2.24) is 19.9 Å². The average molecular weight is 637 g/mol. The maximum absolute atomic E-state index is 5.14. The molecule has 4 nitrogen and oxygen atoms in total. The number of benzene rings is 6. The zero-order valence-electron chi connectivity index (χ0n) is 27.0. The molecule has 0 spiro atoms.